The predicted octanol–water partition coefficient (Wildman–Crippen LogP) is 5.96. The number of unbranched alkanes of at least 4 members (excludes halogenated alkanes) is 3. The lowest BCUT2D eigenvalue weighted by Crippen LogP contribution is -2.33. The highest BCUT2D eigenvalue weighted by Gasteiger charge is 2.14. The van der Waals surface area contributed by atoms with Gasteiger partial charge in [-0.2, -0.15) is 9.13 Å². The summed E-state index contributed by atoms with van der Waals surface area (Å²) < 4.78 is 4.54. The Morgan fingerprint density at radius 2 is 0.971 bits per heavy atom. The number of rotatable bonds is 9. The fraction of sp³-hybridized carbons (Fsp3) is 0.400. The third-order valence-electron chi connectivity index (χ3n) is 7.11. The number of aromatic nitrogens is 2. The van der Waals surface area contributed by atoms with Crippen molar-refractivity contribution in [2.75, 3.05) is 23.7 Å². The fourth-order valence-electron chi connectivity index (χ4n) is 4.81. The molecule has 34 heavy (non-hydrogen) atoms. The maximum absolute atomic E-state index is 3.71. The molecule has 0 fully saturated rings. The molecule has 0 bridgehead atoms. The average Bonchev–Trinajstić information content (AvgIpc) is 2.81. The molecule has 4 aromatic rings. The molecule has 0 amide bonds. The van der Waals surface area contributed by atoms with E-state index in [9.17, 15) is 0 Å². The van der Waals surface area contributed by atoms with E-state index >= 15 is 0 Å². The number of aryl methyl sites for hydroxylation is 6. The van der Waals surface area contributed by atoms with Gasteiger partial charge in [0.2, 0.25) is 11.0 Å². The normalized spacial score (nSPS) is 11.4. The second-order valence-corrected chi connectivity index (χ2v) is 9.83. The molecule has 0 saturated carbocycles. The summed E-state index contributed by atoms with van der Waals surface area (Å²) in [6.45, 7) is 10.7. The smallest absolute Gasteiger partial charge is 0.214 e. The van der Waals surface area contributed by atoms with Gasteiger partial charge in [-0.15, -0.1) is 0 Å². The molecule has 0 aliphatic carbocycles. The van der Waals surface area contributed by atoms with Crippen molar-refractivity contribution in [2.24, 2.45) is 14.1 Å². The largest absolute Gasteiger partial charge is 0.384 e. The summed E-state index contributed by atoms with van der Waals surface area (Å²) in [5.41, 5.74) is 10.2. The van der Waals surface area contributed by atoms with E-state index in [1.165, 1.54) is 81.4 Å². The van der Waals surface area contributed by atoms with Crippen molar-refractivity contribution < 1.29 is 9.13 Å². The zero-order valence-electron chi connectivity index (χ0n) is 21.8. The lowest BCUT2D eigenvalue weighted by Gasteiger charge is -2.12. The van der Waals surface area contributed by atoms with Crippen LogP contribution in [0.1, 0.15) is 48.2 Å². The highest BCUT2D eigenvalue weighted by Crippen LogP contribution is 2.24. The molecule has 4 nitrogen and oxygen atoms in total. The van der Waals surface area contributed by atoms with Crippen LogP contribution in [0.25, 0.3) is 21.8 Å². The Morgan fingerprint density at radius 3 is 1.38 bits per heavy atom. The number of hydrogen-bond donors (Lipinski definition) is 2. The third-order valence-corrected chi connectivity index (χ3v) is 7.11. The van der Waals surface area contributed by atoms with Crippen molar-refractivity contribution in [3.63, 3.8) is 0 Å². The zero-order chi connectivity index (χ0) is 24.2. The first-order chi connectivity index (χ1) is 16.3. The molecular weight excluding hydrogens is 416 g/mol. The van der Waals surface area contributed by atoms with E-state index in [0.29, 0.717) is 0 Å². The first kappa shape index (κ1) is 24.0. The zero-order valence-corrected chi connectivity index (χ0v) is 21.8. The molecule has 178 valence electrons. The van der Waals surface area contributed by atoms with Crippen LogP contribution >= 0.6 is 0 Å². The van der Waals surface area contributed by atoms with Crippen molar-refractivity contribution >= 4 is 33.2 Å². The van der Waals surface area contributed by atoms with Gasteiger partial charge < -0.3 is 10.6 Å². The summed E-state index contributed by atoms with van der Waals surface area (Å²) in [6, 6.07) is 18.0. The van der Waals surface area contributed by atoms with E-state index in [2.05, 4.69) is 110 Å². The summed E-state index contributed by atoms with van der Waals surface area (Å²) in [7, 11) is 4.29. The number of nitrogens with one attached hydrogen (secondary N) is 2. The van der Waals surface area contributed by atoms with Crippen LogP contribution in [0.4, 0.5) is 11.4 Å². The Hall–Kier alpha value is -3.14. The number of fused-ring (bicyclic) bond motifs is 2. The summed E-state index contributed by atoms with van der Waals surface area (Å²) in [4.78, 5) is 0. The quantitative estimate of drug-likeness (QED) is 0.241. The van der Waals surface area contributed by atoms with E-state index in [1.54, 1.807) is 0 Å². The molecule has 0 aliphatic rings. The second kappa shape index (κ2) is 10.4. The number of pyridine rings is 2. The number of anilines is 2. The minimum absolute atomic E-state index is 1.02. The van der Waals surface area contributed by atoms with Gasteiger partial charge in [0.1, 0.15) is 14.1 Å². The lowest BCUT2D eigenvalue weighted by molar-refractivity contribution is -0.651. The highest BCUT2D eigenvalue weighted by molar-refractivity contribution is 5.90. The van der Waals surface area contributed by atoms with Crippen molar-refractivity contribution in [1.29, 1.82) is 0 Å². The van der Waals surface area contributed by atoms with Crippen LogP contribution in [0, 0.1) is 27.7 Å². The van der Waals surface area contributed by atoms with Gasteiger partial charge in [-0.25, -0.2) is 0 Å². The van der Waals surface area contributed by atoms with Gasteiger partial charge in [0, 0.05) is 51.2 Å². The molecule has 2 heterocycles. The van der Waals surface area contributed by atoms with E-state index in [1.807, 2.05) is 0 Å². The molecule has 0 spiro atoms. The molecule has 0 unspecified atom stereocenters. The van der Waals surface area contributed by atoms with E-state index in [4.69, 9.17) is 0 Å². The van der Waals surface area contributed by atoms with Gasteiger partial charge in [-0.3, -0.25) is 0 Å². The van der Waals surface area contributed by atoms with Gasteiger partial charge in [-0.1, -0.05) is 25.0 Å². The highest BCUT2D eigenvalue weighted by atomic mass is 15.0. The molecule has 4 rings (SSSR count). The molecular formula is C30H40N4+2. The Labute approximate surface area is 204 Å². The number of nitrogens with zero attached hydrogens (tertiary/aromatic N) is 2. The molecule has 0 aliphatic heterocycles. The SMILES string of the molecule is Cc1ccc2c(c1)c(NCCCCCCNc1cc(C)[n+](C)c3ccc(C)cc13)cc(C)[n+]2C. The van der Waals surface area contributed by atoms with E-state index in [0.717, 1.165) is 13.1 Å². The van der Waals surface area contributed by atoms with Gasteiger partial charge in [0.15, 0.2) is 11.4 Å². The van der Waals surface area contributed by atoms with Crippen molar-refractivity contribution in [1.82, 2.24) is 0 Å². The lowest BCUT2D eigenvalue weighted by atomic mass is 10.1. The molecule has 0 saturated heterocycles. The van der Waals surface area contributed by atoms with Crippen LogP contribution in [-0.4, -0.2) is 13.1 Å². The first-order valence-electron chi connectivity index (χ1n) is 12.6. The van der Waals surface area contributed by atoms with Gasteiger partial charge in [0.25, 0.3) is 0 Å². The van der Waals surface area contributed by atoms with Gasteiger partial charge in [-0.05, 0) is 49.9 Å². The maximum atomic E-state index is 3.71. The van der Waals surface area contributed by atoms with Gasteiger partial charge >= 0.3 is 0 Å². The van der Waals surface area contributed by atoms with Crippen LogP contribution in [0.3, 0.4) is 0 Å². The third kappa shape index (κ3) is 5.16. The number of benzene rings is 2. The van der Waals surface area contributed by atoms with E-state index in [-0.39, 0.29) is 0 Å². The standard InChI is InChI=1S/C30H38N4/c1-21-11-13-29-25(17-21)27(19-23(3)33(29)5)31-15-9-7-8-10-16-32-28-20-24(4)34(6)30-14-12-22(2)18-26(28)30/h11-14,17-20H,7-10,15-16H2,1-6H3/p+2. The molecule has 4 heteroatoms. The molecule has 2 aromatic heterocycles. The number of hydrogen-bond acceptors (Lipinski definition) is 2. The topological polar surface area (TPSA) is 31.8 Å². The molecule has 0 atom stereocenters. The summed E-state index contributed by atoms with van der Waals surface area (Å²) >= 11 is 0. The Kier molecular flexibility index (Phi) is 7.35. The summed E-state index contributed by atoms with van der Waals surface area (Å²) in [5.74, 6) is 0. The molecule has 2 aromatic carbocycles. The average molecular weight is 457 g/mol. The van der Waals surface area contributed by atoms with Crippen LogP contribution in [-0.2, 0) is 14.1 Å². The maximum Gasteiger partial charge on any atom is 0.214 e. The second-order valence-electron chi connectivity index (χ2n) is 9.83. The minimum Gasteiger partial charge on any atom is -0.384 e. The van der Waals surface area contributed by atoms with Gasteiger partial charge in [0.05, 0.1) is 22.1 Å². The minimum atomic E-state index is 1.02. The fourth-order valence-corrected chi connectivity index (χ4v) is 4.81. The van der Waals surface area contributed by atoms with Crippen molar-refractivity contribution in [3.8, 4) is 0 Å². The van der Waals surface area contributed by atoms with E-state index < -0.39 is 0 Å². The van der Waals surface area contributed by atoms with Crippen LogP contribution in [0.5, 0.6) is 0 Å². The first-order valence-corrected chi connectivity index (χ1v) is 12.6. The van der Waals surface area contributed by atoms with Crippen molar-refractivity contribution in [2.45, 2.75) is 53.4 Å². The Morgan fingerprint density at radius 1 is 0.559 bits per heavy atom. The molecule has 0 radical (unpaired) electrons. The Bertz CT molecular complexity index is 1220. The summed E-state index contributed by atoms with van der Waals surface area (Å²) in [5, 5.41) is 10.0. The predicted molar refractivity (Wildman–Crippen MR) is 145 cm³/mol. The Balaban J connectivity index is 1.26. The molecule has 2 N–H and O–H groups in total. The van der Waals surface area contributed by atoms with Crippen LogP contribution in [0.2, 0.25) is 0 Å². The van der Waals surface area contributed by atoms with Crippen LogP contribution < -0.4 is 19.8 Å². The van der Waals surface area contributed by atoms with Crippen molar-refractivity contribution in [3.05, 3.63) is 71.0 Å². The summed E-state index contributed by atoms with van der Waals surface area (Å²) in [6.07, 6.45) is 4.87. The monoisotopic (exact) mass is 456 g/mol. The van der Waals surface area contributed by atoms with Crippen LogP contribution in [0.15, 0.2) is 48.5 Å².